The number of hydrogen-bond acceptors (Lipinski definition) is 5. The number of nitrogens with zero attached hydrogens (tertiary/aromatic N) is 1. The van der Waals surface area contributed by atoms with Crippen LogP contribution < -0.4 is 5.32 Å². The maximum Gasteiger partial charge on any atom is 0.411 e. The molecule has 1 saturated heterocycles. The molecule has 1 heterocycles. The standard InChI is InChI=1S/C24H22N2O5/c1-30-23(28)22-21(19-13-7-11-17-10-5-6-12-18(17)19)25-20(27)14-26(22)24(29)31-15-16-8-3-2-4-9-16/h2-13,21-22H,14-15H2,1H3,(H,25,27)/t21-,22+/m1/s1. The number of methoxy groups -OCH3 is 1. The highest BCUT2D eigenvalue weighted by Crippen LogP contribution is 2.31. The van der Waals surface area contributed by atoms with Crippen molar-refractivity contribution in [2.75, 3.05) is 13.7 Å². The molecular formula is C24H22N2O5. The van der Waals surface area contributed by atoms with Crippen molar-refractivity contribution >= 4 is 28.7 Å². The maximum absolute atomic E-state index is 12.9. The third kappa shape index (κ3) is 4.21. The lowest BCUT2D eigenvalue weighted by atomic mass is 9.91. The fraction of sp³-hybridized carbons (Fsp3) is 0.208. The molecule has 1 N–H and O–H groups in total. The Labute approximate surface area is 179 Å². The summed E-state index contributed by atoms with van der Waals surface area (Å²) in [6, 6.07) is 20.7. The van der Waals surface area contributed by atoms with E-state index in [0.29, 0.717) is 0 Å². The number of carbonyl (C=O) groups excluding carboxylic acids is 3. The summed E-state index contributed by atoms with van der Waals surface area (Å²) < 4.78 is 10.4. The molecule has 0 unspecified atom stereocenters. The number of nitrogens with one attached hydrogen (secondary N) is 1. The fourth-order valence-corrected chi connectivity index (χ4v) is 3.86. The van der Waals surface area contributed by atoms with Crippen molar-refractivity contribution in [2.24, 2.45) is 0 Å². The number of benzene rings is 3. The van der Waals surface area contributed by atoms with Crippen molar-refractivity contribution in [1.29, 1.82) is 0 Å². The molecule has 31 heavy (non-hydrogen) atoms. The molecule has 1 aliphatic rings. The monoisotopic (exact) mass is 418 g/mol. The van der Waals surface area contributed by atoms with E-state index in [2.05, 4.69) is 5.32 Å². The predicted octanol–water partition coefficient (Wildman–Crippen LogP) is 3.19. The van der Waals surface area contributed by atoms with Gasteiger partial charge in [0.15, 0.2) is 6.04 Å². The van der Waals surface area contributed by atoms with Crippen LogP contribution in [0.2, 0.25) is 0 Å². The van der Waals surface area contributed by atoms with E-state index in [0.717, 1.165) is 26.8 Å². The zero-order valence-corrected chi connectivity index (χ0v) is 17.0. The molecule has 3 aromatic rings. The van der Waals surface area contributed by atoms with Crippen LogP contribution >= 0.6 is 0 Å². The van der Waals surface area contributed by atoms with Gasteiger partial charge in [-0.25, -0.2) is 9.59 Å². The van der Waals surface area contributed by atoms with Gasteiger partial charge in [-0.05, 0) is 21.9 Å². The Morgan fingerprint density at radius 3 is 2.48 bits per heavy atom. The van der Waals surface area contributed by atoms with E-state index in [1.165, 1.54) is 7.11 Å². The van der Waals surface area contributed by atoms with Gasteiger partial charge in [0, 0.05) is 0 Å². The van der Waals surface area contributed by atoms with Crippen LogP contribution in [0.15, 0.2) is 72.8 Å². The van der Waals surface area contributed by atoms with Gasteiger partial charge in [0.25, 0.3) is 0 Å². The molecule has 3 aromatic carbocycles. The van der Waals surface area contributed by atoms with E-state index in [1.807, 2.05) is 72.8 Å². The topological polar surface area (TPSA) is 84.9 Å². The summed E-state index contributed by atoms with van der Waals surface area (Å²) in [5.74, 6) is -1.01. The van der Waals surface area contributed by atoms with Crippen molar-refractivity contribution in [2.45, 2.75) is 18.7 Å². The first kappa shape index (κ1) is 20.4. The molecule has 0 aliphatic carbocycles. The Morgan fingerprint density at radius 2 is 1.71 bits per heavy atom. The van der Waals surface area contributed by atoms with Crippen LogP contribution in [0.1, 0.15) is 17.2 Å². The highest BCUT2D eigenvalue weighted by molar-refractivity contribution is 5.93. The molecule has 0 saturated carbocycles. The second kappa shape index (κ2) is 8.87. The van der Waals surface area contributed by atoms with E-state index in [1.54, 1.807) is 0 Å². The summed E-state index contributed by atoms with van der Waals surface area (Å²) in [5.41, 5.74) is 1.53. The molecule has 2 atom stereocenters. The second-order valence-electron chi connectivity index (χ2n) is 7.25. The van der Waals surface area contributed by atoms with E-state index in [9.17, 15) is 14.4 Å². The lowest BCUT2D eigenvalue weighted by Gasteiger charge is -2.39. The zero-order chi connectivity index (χ0) is 21.8. The zero-order valence-electron chi connectivity index (χ0n) is 17.0. The van der Waals surface area contributed by atoms with Crippen LogP contribution in [0.4, 0.5) is 4.79 Å². The molecule has 0 radical (unpaired) electrons. The summed E-state index contributed by atoms with van der Waals surface area (Å²) >= 11 is 0. The van der Waals surface area contributed by atoms with Gasteiger partial charge >= 0.3 is 12.1 Å². The molecule has 1 aliphatic heterocycles. The minimum absolute atomic E-state index is 0.0324. The number of ether oxygens (including phenoxy) is 2. The molecule has 2 amide bonds. The molecule has 0 spiro atoms. The van der Waals surface area contributed by atoms with Gasteiger partial charge in [0.2, 0.25) is 5.91 Å². The van der Waals surface area contributed by atoms with Crippen LogP contribution in [-0.2, 0) is 25.7 Å². The summed E-state index contributed by atoms with van der Waals surface area (Å²) in [7, 11) is 1.26. The Hall–Kier alpha value is -3.87. The van der Waals surface area contributed by atoms with E-state index < -0.39 is 24.1 Å². The van der Waals surface area contributed by atoms with Gasteiger partial charge < -0.3 is 14.8 Å². The first-order chi connectivity index (χ1) is 15.1. The molecular weight excluding hydrogens is 396 g/mol. The fourth-order valence-electron chi connectivity index (χ4n) is 3.86. The van der Waals surface area contributed by atoms with Gasteiger partial charge in [-0.15, -0.1) is 0 Å². The summed E-state index contributed by atoms with van der Waals surface area (Å²) in [6.45, 7) is -0.265. The van der Waals surface area contributed by atoms with E-state index in [4.69, 9.17) is 9.47 Å². The Balaban J connectivity index is 1.67. The number of piperazine rings is 1. The molecule has 7 nitrogen and oxygen atoms in total. The second-order valence-corrected chi connectivity index (χ2v) is 7.25. The SMILES string of the molecule is COC(=O)[C@@H]1[C@@H](c2cccc3ccccc23)NC(=O)CN1C(=O)OCc1ccccc1. The minimum atomic E-state index is -1.06. The molecule has 7 heteroatoms. The maximum atomic E-state index is 12.9. The number of rotatable bonds is 4. The van der Waals surface area contributed by atoms with Crippen LogP contribution in [0, 0.1) is 0 Å². The summed E-state index contributed by atoms with van der Waals surface area (Å²) in [6.07, 6.45) is -0.751. The van der Waals surface area contributed by atoms with Crippen LogP contribution in [0.3, 0.4) is 0 Å². The third-order valence-electron chi connectivity index (χ3n) is 5.32. The van der Waals surface area contributed by atoms with Crippen LogP contribution in [0.5, 0.6) is 0 Å². The molecule has 158 valence electrons. The largest absolute Gasteiger partial charge is 0.467 e. The summed E-state index contributed by atoms with van der Waals surface area (Å²) in [4.78, 5) is 39.3. The first-order valence-electron chi connectivity index (χ1n) is 9.90. The van der Waals surface area contributed by atoms with Gasteiger partial charge in [0.05, 0.1) is 13.2 Å². The minimum Gasteiger partial charge on any atom is -0.467 e. The number of hydrogen-bond donors (Lipinski definition) is 1. The lowest BCUT2D eigenvalue weighted by molar-refractivity contribution is -0.150. The Bertz CT molecular complexity index is 1110. The van der Waals surface area contributed by atoms with Gasteiger partial charge in [-0.2, -0.15) is 0 Å². The number of amides is 2. The average molecular weight is 418 g/mol. The molecule has 0 bridgehead atoms. The number of esters is 1. The average Bonchev–Trinajstić information content (AvgIpc) is 2.81. The Morgan fingerprint density at radius 1 is 1.00 bits per heavy atom. The third-order valence-corrected chi connectivity index (χ3v) is 5.32. The first-order valence-corrected chi connectivity index (χ1v) is 9.90. The highest BCUT2D eigenvalue weighted by Gasteiger charge is 2.45. The summed E-state index contributed by atoms with van der Waals surface area (Å²) in [5, 5.41) is 4.70. The van der Waals surface area contributed by atoms with Gasteiger partial charge in [-0.3, -0.25) is 9.69 Å². The highest BCUT2D eigenvalue weighted by atomic mass is 16.6. The van der Waals surface area contributed by atoms with Crippen molar-refractivity contribution in [3.8, 4) is 0 Å². The van der Waals surface area contributed by atoms with Gasteiger partial charge in [-0.1, -0.05) is 72.8 Å². The number of carbonyl (C=O) groups is 3. The predicted molar refractivity (Wildman–Crippen MR) is 114 cm³/mol. The van der Waals surface area contributed by atoms with E-state index in [-0.39, 0.29) is 19.1 Å². The molecule has 1 fully saturated rings. The quantitative estimate of drug-likeness (QED) is 0.658. The van der Waals surface area contributed by atoms with Crippen molar-refractivity contribution in [3.63, 3.8) is 0 Å². The number of fused-ring (bicyclic) bond motifs is 1. The van der Waals surface area contributed by atoms with E-state index >= 15 is 0 Å². The van der Waals surface area contributed by atoms with Gasteiger partial charge in [0.1, 0.15) is 13.2 Å². The van der Waals surface area contributed by atoms with Crippen molar-refractivity contribution in [1.82, 2.24) is 10.2 Å². The van der Waals surface area contributed by atoms with Crippen molar-refractivity contribution < 1.29 is 23.9 Å². The van der Waals surface area contributed by atoms with Crippen molar-refractivity contribution in [3.05, 3.63) is 83.9 Å². The van der Waals surface area contributed by atoms with Crippen LogP contribution in [0.25, 0.3) is 10.8 Å². The smallest absolute Gasteiger partial charge is 0.411 e. The van der Waals surface area contributed by atoms with Crippen LogP contribution in [-0.4, -0.2) is 42.6 Å². The molecule has 4 rings (SSSR count). The Kier molecular flexibility index (Phi) is 5.84. The lowest BCUT2D eigenvalue weighted by Crippen LogP contribution is -2.61. The normalized spacial score (nSPS) is 18.4. The molecule has 0 aromatic heterocycles.